The maximum atomic E-state index is 13.8. The van der Waals surface area contributed by atoms with Crippen molar-refractivity contribution < 1.29 is 32.2 Å². The molecule has 1 aliphatic carbocycles. The second-order valence-electron chi connectivity index (χ2n) is 11.5. The number of rotatable bonds is 3. The van der Waals surface area contributed by atoms with Gasteiger partial charge in [-0.15, -0.1) is 0 Å². The highest BCUT2D eigenvalue weighted by molar-refractivity contribution is 5.91. The number of piperidine rings is 1. The molecule has 3 heterocycles. The largest absolute Gasteiger partial charge is 0.470 e. The third-order valence-corrected chi connectivity index (χ3v) is 9.64. The van der Waals surface area contributed by atoms with Crippen LogP contribution in [0.3, 0.4) is 0 Å². The standard InChI is InChI=1S/C30H33F3N2O4/c1-18-26-35(17-20-15-21(30(31,32)33)7-8-25(20)39-26)28(37)29(18)12-9-22(16-29)34-13-10-19(11-14-34)23-5-3-4-6-24(23)27(36)38-2/h3-8,15,18-19,22,26H,9-14,16-17H2,1-2H3/t18?,22-,26?,29+/m1/s1. The van der Waals surface area contributed by atoms with E-state index < -0.39 is 23.4 Å². The number of methoxy groups -OCH3 is 1. The average Bonchev–Trinajstić information content (AvgIpc) is 3.48. The second kappa shape index (κ2) is 9.54. The molecule has 2 unspecified atom stereocenters. The molecule has 3 aliphatic heterocycles. The Morgan fingerprint density at radius 1 is 1.10 bits per heavy atom. The molecule has 4 aliphatic rings. The number of alkyl halides is 3. The van der Waals surface area contributed by atoms with Crippen molar-refractivity contribution in [2.24, 2.45) is 11.3 Å². The first kappa shape index (κ1) is 26.2. The van der Waals surface area contributed by atoms with Crippen LogP contribution in [0.25, 0.3) is 0 Å². The van der Waals surface area contributed by atoms with Crippen molar-refractivity contribution in [3.63, 3.8) is 0 Å². The fourth-order valence-corrected chi connectivity index (χ4v) is 7.47. The Kier molecular flexibility index (Phi) is 6.40. The summed E-state index contributed by atoms with van der Waals surface area (Å²) in [6.45, 7) is 3.97. The Bertz CT molecular complexity index is 1290. The summed E-state index contributed by atoms with van der Waals surface area (Å²) in [7, 11) is 1.40. The van der Waals surface area contributed by atoms with Gasteiger partial charge in [0.2, 0.25) is 5.91 Å². The van der Waals surface area contributed by atoms with E-state index in [1.54, 1.807) is 4.90 Å². The quantitative estimate of drug-likeness (QED) is 0.472. The molecular formula is C30H33F3N2O4. The summed E-state index contributed by atoms with van der Waals surface area (Å²) in [5.41, 5.74) is 0.787. The van der Waals surface area contributed by atoms with Gasteiger partial charge in [-0.1, -0.05) is 25.1 Å². The van der Waals surface area contributed by atoms with Crippen molar-refractivity contribution in [2.45, 2.75) is 69.9 Å². The lowest BCUT2D eigenvalue weighted by molar-refractivity contribution is -0.140. The number of likely N-dealkylation sites (tertiary alicyclic amines) is 1. The van der Waals surface area contributed by atoms with E-state index in [4.69, 9.17) is 9.47 Å². The van der Waals surface area contributed by atoms with Gasteiger partial charge in [0.1, 0.15) is 5.75 Å². The van der Waals surface area contributed by atoms with Gasteiger partial charge in [0.25, 0.3) is 0 Å². The summed E-state index contributed by atoms with van der Waals surface area (Å²) in [5.74, 6) is 0.351. The van der Waals surface area contributed by atoms with Crippen LogP contribution in [0.1, 0.15) is 72.0 Å². The fourth-order valence-electron chi connectivity index (χ4n) is 7.47. The topological polar surface area (TPSA) is 59.1 Å². The smallest absolute Gasteiger partial charge is 0.416 e. The highest BCUT2D eigenvalue weighted by atomic mass is 19.4. The highest BCUT2D eigenvalue weighted by Crippen LogP contribution is 2.55. The number of esters is 1. The van der Waals surface area contributed by atoms with Crippen LogP contribution in [0.5, 0.6) is 5.75 Å². The Morgan fingerprint density at radius 3 is 2.56 bits per heavy atom. The van der Waals surface area contributed by atoms with Crippen LogP contribution in [-0.4, -0.2) is 54.1 Å². The van der Waals surface area contributed by atoms with Crippen LogP contribution >= 0.6 is 0 Å². The van der Waals surface area contributed by atoms with Crippen molar-refractivity contribution in [3.8, 4) is 5.75 Å². The lowest BCUT2D eigenvalue weighted by Crippen LogP contribution is -2.42. The molecule has 9 heteroatoms. The van der Waals surface area contributed by atoms with Crippen LogP contribution in [0.15, 0.2) is 42.5 Å². The molecule has 2 aromatic rings. The molecule has 1 amide bonds. The van der Waals surface area contributed by atoms with E-state index in [0.29, 0.717) is 16.9 Å². The zero-order valence-corrected chi connectivity index (χ0v) is 22.2. The third kappa shape index (κ3) is 4.29. The summed E-state index contributed by atoms with van der Waals surface area (Å²) in [6, 6.07) is 11.5. The van der Waals surface area contributed by atoms with Crippen LogP contribution in [0.2, 0.25) is 0 Å². The number of amides is 1. The van der Waals surface area contributed by atoms with Gasteiger partial charge >= 0.3 is 12.1 Å². The minimum absolute atomic E-state index is 0.00690. The summed E-state index contributed by atoms with van der Waals surface area (Å²) >= 11 is 0. The van der Waals surface area contributed by atoms with Crippen molar-refractivity contribution in [3.05, 3.63) is 64.7 Å². The molecule has 208 valence electrons. The number of carbonyl (C=O) groups excluding carboxylic acids is 2. The van der Waals surface area contributed by atoms with E-state index in [-0.39, 0.29) is 36.3 Å². The van der Waals surface area contributed by atoms with Crippen LogP contribution in [0, 0.1) is 11.3 Å². The van der Waals surface area contributed by atoms with E-state index in [0.717, 1.165) is 62.9 Å². The maximum absolute atomic E-state index is 13.8. The number of hydrogen-bond acceptors (Lipinski definition) is 5. The van der Waals surface area contributed by atoms with Gasteiger partial charge in [0.05, 0.1) is 30.2 Å². The monoisotopic (exact) mass is 542 g/mol. The normalized spacial score (nSPS) is 29.3. The second-order valence-corrected chi connectivity index (χ2v) is 11.5. The molecule has 0 radical (unpaired) electrons. The van der Waals surface area contributed by atoms with Crippen molar-refractivity contribution in [1.82, 2.24) is 9.80 Å². The Labute approximate surface area is 226 Å². The van der Waals surface area contributed by atoms with Gasteiger partial charge < -0.3 is 19.3 Å². The summed E-state index contributed by atoms with van der Waals surface area (Å²) in [6.07, 6.45) is -0.652. The Hall–Kier alpha value is -3.07. The number of nitrogens with zero attached hydrogens (tertiary/aromatic N) is 2. The number of ether oxygens (including phenoxy) is 2. The van der Waals surface area contributed by atoms with Crippen LogP contribution in [0.4, 0.5) is 13.2 Å². The zero-order chi connectivity index (χ0) is 27.5. The molecule has 4 atom stereocenters. The molecule has 0 bridgehead atoms. The van der Waals surface area contributed by atoms with Crippen molar-refractivity contribution >= 4 is 11.9 Å². The molecule has 2 aromatic carbocycles. The predicted molar refractivity (Wildman–Crippen MR) is 137 cm³/mol. The number of benzene rings is 2. The number of carbonyl (C=O) groups is 2. The Morgan fingerprint density at radius 2 is 1.85 bits per heavy atom. The van der Waals surface area contributed by atoms with Crippen molar-refractivity contribution in [1.29, 1.82) is 0 Å². The van der Waals surface area contributed by atoms with Gasteiger partial charge in [-0.2, -0.15) is 13.2 Å². The third-order valence-electron chi connectivity index (χ3n) is 9.64. The molecule has 39 heavy (non-hydrogen) atoms. The minimum Gasteiger partial charge on any atom is -0.470 e. The molecule has 1 spiro atoms. The fraction of sp³-hybridized carbons (Fsp3) is 0.533. The zero-order valence-electron chi connectivity index (χ0n) is 22.2. The number of fused-ring (bicyclic) bond motifs is 2. The molecule has 0 N–H and O–H groups in total. The molecule has 2 saturated heterocycles. The first-order valence-electron chi connectivity index (χ1n) is 13.7. The summed E-state index contributed by atoms with van der Waals surface area (Å²) in [4.78, 5) is 30.2. The van der Waals surface area contributed by atoms with E-state index in [2.05, 4.69) is 11.8 Å². The number of halogens is 3. The molecular weight excluding hydrogens is 509 g/mol. The first-order valence-corrected chi connectivity index (χ1v) is 13.7. The first-order chi connectivity index (χ1) is 18.6. The van der Waals surface area contributed by atoms with E-state index in [1.165, 1.54) is 13.2 Å². The molecule has 1 saturated carbocycles. The lowest BCUT2D eigenvalue weighted by Gasteiger charge is -2.37. The SMILES string of the molecule is COC(=O)c1ccccc1C1CCN([C@@H]2CC[C@@]3(C2)C(=O)N2Cc4cc(C(F)(F)F)ccc4OC2C3C)CC1. The highest BCUT2D eigenvalue weighted by Gasteiger charge is 2.62. The molecule has 0 aromatic heterocycles. The van der Waals surface area contributed by atoms with Gasteiger partial charge in [0, 0.05) is 17.5 Å². The van der Waals surface area contributed by atoms with Gasteiger partial charge in [-0.05, 0) is 80.9 Å². The van der Waals surface area contributed by atoms with Crippen LogP contribution < -0.4 is 4.74 Å². The average molecular weight is 543 g/mol. The lowest BCUT2D eigenvalue weighted by atomic mass is 9.76. The van der Waals surface area contributed by atoms with E-state index in [9.17, 15) is 22.8 Å². The van der Waals surface area contributed by atoms with Gasteiger partial charge in [0.15, 0.2) is 6.23 Å². The predicted octanol–water partition coefficient (Wildman–Crippen LogP) is 5.61. The van der Waals surface area contributed by atoms with E-state index >= 15 is 0 Å². The summed E-state index contributed by atoms with van der Waals surface area (Å²) in [5, 5.41) is 0. The van der Waals surface area contributed by atoms with Gasteiger partial charge in [-0.25, -0.2) is 4.79 Å². The van der Waals surface area contributed by atoms with Crippen LogP contribution in [-0.2, 0) is 22.3 Å². The van der Waals surface area contributed by atoms with Crippen molar-refractivity contribution in [2.75, 3.05) is 20.2 Å². The molecule has 6 nitrogen and oxygen atoms in total. The molecule has 6 rings (SSSR count). The maximum Gasteiger partial charge on any atom is 0.416 e. The Balaban J connectivity index is 1.14. The van der Waals surface area contributed by atoms with E-state index in [1.807, 2.05) is 24.3 Å². The number of hydrogen-bond donors (Lipinski definition) is 0. The summed E-state index contributed by atoms with van der Waals surface area (Å²) < 4.78 is 51.0. The minimum atomic E-state index is -4.44. The molecule has 3 fully saturated rings. The van der Waals surface area contributed by atoms with Gasteiger partial charge in [-0.3, -0.25) is 4.79 Å².